The maximum atomic E-state index is 13.7. The molecular formula is C27H28F2N4O4. The Labute approximate surface area is 212 Å². The van der Waals surface area contributed by atoms with Gasteiger partial charge in [0.15, 0.2) is 0 Å². The highest BCUT2D eigenvalue weighted by atomic mass is 19.3. The van der Waals surface area contributed by atoms with Gasteiger partial charge in [0, 0.05) is 42.7 Å². The number of alkyl halides is 2. The minimum absolute atomic E-state index is 0.0187. The van der Waals surface area contributed by atoms with Crippen LogP contribution in [0.1, 0.15) is 29.8 Å². The van der Waals surface area contributed by atoms with E-state index in [2.05, 4.69) is 21.6 Å². The number of carbonyl (C=O) groups is 2. The molecule has 3 N–H and O–H groups in total. The number of H-pyrrole nitrogens is 1. The Morgan fingerprint density at radius 3 is 2.84 bits per heavy atom. The quantitative estimate of drug-likeness (QED) is 0.229. The molecule has 0 aliphatic carbocycles. The number of ether oxygens (including phenoxy) is 1. The highest BCUT2D eigenvalue weighted by Crippen LogP contribution is 2.47. The van der Waals surface area contributed by atoms with Gasteiger partial charge < -0.3 is 25.0 Å². The largest absolute Gasteiger partial charge is 0.508 e. The summed E-state index contributed by atoms with van der Waals surface area (Å²) >= 11 is 0. The second-order valence-electron chi connectivity index (χ2n) is 9.55. The van der Waals surface area contributed by atoms with Gasteiger partial charge in [-0.15, -0.1) is 6.58 Å². The number of aromatic hydroxyl groups is 1. The molecule has 2 atom stereocenters. The third kappa shape index (κ3) is 4.31. The van der Waals surface area contributed by atoms with E-state index >= 15 is 0 Å². The van der Waals surface area contributed by atoms with Crippen LogP contribution >= 0.6 is 0 Å². The number of rotatable bonds is 9. The van der Waals surface area contributed by atoms with Crippen LogP contribution in [0.2, 0.25) is 0 Å². The summed E-state index contributed by atoms with van der Waals surface area (Å²) in [5, 5.41) is 13.8. The molecule has 0 bridgehead atoms. The second-order valence-corrected chi connectivity index (χ2v) is 9.55. The molecule has 5 rings (SSSR count). The summed E-state index contributed by atoms with van der Waals surface area (Å²) in [7, 11) is 0. The molecule has 1 fully saturated rings. The molecule has 10 heteroatoms. The molecule has 194 valence electrons. The summed E-state index contributed by atoms with van der Waals surface area (Å²) < 4.78 is 30.4. The normalized spacial score (nSPS) is 21.0. The van der Waals surface area contributed by atoms with Gasteiger partial charge in [-0.1, -0.05) is 18.2 Å². The van der Waals surface area contributed by atoms with Crippen molar-refractivity contribution in [1.29, 1.82) is 0 Å². The number of imide groups is 1. The zero-order chi connectivity index (χ0) is 26.3. The number of benzene rings is 2. The average Bonchev–Trinajstić information content (AvgIpc) is 3.29. The van der Waals surface area contributed by atoms with Crippen molar-refractivity contribution in [2.45, 2.75) is 38.0 Å². The molecule has 0 saturated carbocycles. The van der Waals surface area contributed by atoms with Gasteiger partial charge in [-0.25, -0.2) is 4.79 Å². The Kier molecular flexibility index (Phi) is 6.36. The molecule has 3 aromatic rings. The van der Waals surface area contributed by atoms with Crippen LogP contribution in [0.15, 0.2) is 55.1 Å². The first-order chi connectivity index (χ1) is 17.7. The number of halogens is 2. The number of hydrogen-bond acceptors (Lipinski definition) is 5. The summed E-state index contributed by atoms with van der Waals surface area (Å²) in [5.41, 5.74) is 1.83. The van der Waals surface area contributed by atoms with E-state index in [0.29, 0.717) is 30.4 Å². The number of nitrogens with zero attached hydrogens (tertiary/aromatic N) is 2. The minimum Gasteiger partial charge on any atom is -0.508 e. The SMILES string of the molecule is C=CCNCCN1C(=O)N2C(Cc3cccc(O)c3)c3[nH]c4ccc(OC(F)F)cc4c3C[C@@]2(C)C1=O. The van der Waals surface area contributed by atoms with Gasteiger partial charge in [0.2, 0.25) is 0 Å². The first kappa shape index (κ1) is 24.8. The van der Waals surface area contributed by atoms with Crippen molar-refractivity contribution in [1.82, 2.24) is 20.1 Å². The molecule has 8 nitrogen and oxygen atoms in total. The molecule has 0 radical (unpaired) electrons. The summed E-state index contributed by atoms with van der Waals surface area (Å²) in [6.45, 7) is 3.63. The predicted octanol–water partition coefficient (Wildman–Crippen LogP) is 4.11. The highest BCUT2D eigenvalue weighted by molar-refractivity contribution is 6.08. The fraction of sp³-hybridized carbons (Fsp3) is 0.333. The van der Waals surface area contributed by atoms with Crippen LogP contribution in [0, 0.1) is 0 Å². The van der Waals surface area contributed by atoms with Crippen molar-refractivity contribution in [2.75, 3.05) is 19.6 Å². The third-order valence-corrected chi connectivity index (χ3v) is 7.12. The molecule has 37 heavy (non-hydrogen) atoms. The maximum absolute atomic E-state index is 13.7. The minimum atomic E-state index is -2.96. The lowest BCUT2D eigenvalue weighted by molar-refractivity contribution is -0.133. The van der Waals surface area contributed by atoms with Crippen LogP contribution in [0.3, 0.4) is 0 Å². The zero-order valence-electron chi connectivity index (χ0n) is 20.3. The standard InChI is InChI=1S/C27H28F2N4O4/c1-3-9-30-10-11-32-24(35)27(2)15-20-19-14-18(37-25(28)29)7-8-21(19)31-23(20)22(33(27)26(32)36)13-16-5-4-6-17(34)12-16/h3-8,12,14,22,25,30-31,34H,1,9-11,13,15H2,2H3/t22?,27-/m0/s1. The predicted molar refractivity (Wildman–Crippen MR) is 134 cm³/mol. The van der Waals surface area contributed by atoms with Gasteiger partial charge in [0.1, 0.15) is 17.0 Å². The van der Waals surface area contributed by atoms with Crippen LogP contribution in [0.5, 0.6) is 11.5 Å². The first-order valence-corrected chi connectivity index (χ1v) is 12.1. The summed E-state index contributed by atoms with van der Waals surface area (Å²) in [6, 6.07) is 10.5. The van der Waals surface area contributed by atoms with Crippen molar-refractivity contribution in [2.24, 2.45) is 0 Å². The molecule has 1 aromatic heterocycles. The zero-order valence-corrected chi connectivity index (χ0v) is 20.3. The number of fused-ring (bicyclic) bond motifs is 4. The first-order valence-electron chi connectivity index (χ1n) is 12.1. The Hall–Kier alpha value is -3.92. The lowest BCUT2D eigenvalue weighted by atomic mass is 9.81. The molecule has 0 spiro atoms. The molecule has 2 aliphatic heterocycles. The fourth-order valence-corrected chi connectivity index (χ4v) is 5.52. The van der Waals surface area contributed by atoms with Crippen molar-refractivity contribution >= 4 is 22.8 Å². The fourth-order valence-electron chi connectivity index (χ4n) is 5.52. The summed E-state index contributed by atoms with van der Waals surface area (Å²) in [6.07, 6.45) is 2.26. The van der Waals surface area contributed by atoms with E-state index in [-0.39, 0.29) is 36.4 Å². The topological polar surface area (TPSA) is 97.9 Å². The van der Waals surface area contributed by atoms with E-state index in [4.69, 9.17) is 0 Å². The molecule has 3 amide bonds. The van der Waals surface area contributed by atoms with Crippen molar-refractivity contribution in [3.63, 3.8) is 0 Å². The Bertz CT molecular complexity index is 1370. The van der Waals surface area contributed by atoms with Crippen LogP contribution in [-0.2, 0) is 17.6 Å². The Balaban J connectivity index is 1.59. The van der Waals surface area contributed by atoms with Gasteiger partial charge in [-0.2, -0.15) is 8.78 Å². The van der Waals surface area contributed by atoms with Crippen molar-refractivity contribution < 1.29 is 28.2 Å². The smallest absolute Gasteiger partial charge is 0.387 e. The van der Waals surface area contributed by atoms with Gasteiger partial charge in [0.25, 0.3) is 5.91 Å². The lowest BCUT2D eigenvalue weighted by Gasteiger charge is -2.42. The number of nitrogens with one attached hydrogen (secondary N) is 2. The number of urea groups is 1. The van der Waals surface area contributed by atoms with Crippen molar-refractivity contribution in [3.05, 3.63) is 71.9 Å². The molecule has 3 heterocycles. The van der Waals surface area contributed by atoms with E-state index in [1.54, 1.807) is 48.2 Å². The number of hydrogen-bond donors (Lipinski definition) is 3. The van der Waals surface area contributed by atoms with Crippen LogP contribution < -0.4 is 10.1 Å². The number of aromatic nitrogens is 1. The van der Waals surface area contributed by atoms with E-state index in [1.807, 2.05) is 6.07 Å². The third-order valence-electron chi connectivity index (χ3n) is 7.12. The number of aromatic amines is 1. The molecule has 1 saturated heterocycles. The van der Waals surface area contributed by atoms with Crippen LogP contribution in [0.25, 0.3) is 10.9 Å². The average molecular weight is 511 g/mol. The van der Waals surface area contributed by atoms with E-state index in [9.17, 15) is 23.5 Å². The molecule has 2 aromatic carbocycles. The number of carbonyl (C=O) groups excluding carboxylic acids is 2. The van der Waals surface area contributed by atoms with E-state index < -0.39 is 18.2 Å². The lowest BCUT2D eigenvalue weighted by Crippen LogP contribution is -2.53. The second kappa shape index (κ2) is 9.51. The monoisotopic (exact) mass is 510 g/mol. The number of phenolic OH excluding ortho intramolecular Hbond substituents is 1. The van der Waals surface area contributed by atoms with E-state index in [1.165, 1.54) is 11.0 Å². The van der Waals surface area contributed by atoms with Crippen molar-refractivity contribution in [3.8, 4) is 11.5 Å². The molecule has 2 aliphatic rings. The highest BCUT2D eigenvalue weighted by Gasteiger charge is 2.59. The summed E-state index contributed by atoms with van der Waals surface area (Å²) in [4.78, 5) is 33.7. The Morgan fingerprint density at radius 1 is 1.30 bits per heavy atom. The summed E-state index contributed by atoms with van der Waals surface area (Å²) in [5.74, 6) is -0.190. The molecular weight excluding hydrogens is 482 g/mol. The van der Waals surface area contributed by atoms with Gasteiger partial charge in [0.05, 0.1) is 6.04 Å². The van der Waals surface area contributed by atoms with Gasteiger partial charge in [-0.3, -0.25) is 9.69 Å². The van der Waals surface area contributed by atoms with E-state index in [0.717, 1.165) is 16.8 Å². The van der Waals surface area contributed by atoms with Crippen LogP contribution in [-0.4, -0.2) is 63.6 Å². The van der Waals surface area contributed by atoms with Gasteiger partial charge >= 0.3 is 12.6 Å². The van der Waals surface area contributed by atoms with Gasteiger partial charge in [-0.05, 0) is 54.8 Å². The maximum Gasteiger partial charge on any atom is 0.387 e. The number of phenols is 1. The number of amides is 3. The Morgan fingerprint density at radius 2 is 2.11 bits per heavy atom. The molecule has 1 unspecified atom stereocenters. The van der Waals surface area contributed by atoms with Crippen LogP contribution in [0.4, 0.5) is 13.6 Å².